The van der Waals surface area contributed by atoms with E-state index in [4.69, 9.17) is 10.5 Å². The van der Waals surface area contributed by atoms with Gasteiger partial charge in [0.15, 0.2) is 11.6 Å². The van der Waals surface area contributed by atoms with Gasteiger partial charge in [-0.3, -0.25) is 9.59 Å². The minimum Gasteiger partial charge on any atom is -0.481 e. The second-order valence-electron chi connectivity index (χ2n) is 6.93. The molecule has 0 saturated carbocycles. The van der Waals surface area contributed by atoms with Gasteiger partial charge in [0, 0.05) is 17.8 Å². The predicted octanol–water partition coefficient (Wildman–Crippen LogP) is 2.75. The summed E-state index contributed by atoms with van der Waals surface area (Å²) in [6.07, 6.45) is 3.96. The number of nitrogens with zero attached hydrogens (tertiary/aromatic N) is 2. The molecule has 2 atom stereocenters. The van der Waals surface area contributed by atoms with Crippen LogP contribution in [0.5, 0.6) is 11.6 Å². The van der Waals surface area contributed by atoms with Gasteiger partial charge in [-0.15, -0.1) is 0 Å². The number of aromatic nitrogens is 2. The van der Waals surface area contributed by atoms with Crippen LogP contribution in [0.25, 0.3) is 0 Å². The van der Waals surface area contributed by atoms with E-state index in [0.29, 0.717) is 0 Å². The summed E-state index contributed by atoms with van der Waals surface area (Å²) in [5.74, 6) is -3.26. The maximum atomic E-state index is 14.0. The van der Waals surface area contributed by atoms with Gasteiger partial charge in [-0.25, -0.2) is 14.4 Å². The fourth-order valence-electron chi connectivity index (χ4n) is 3.26. The molecule has 1 aliphatic rings. The van der Waals surface area contributed by atoms with Crippen molar-refractivity contribution in [3.63, 3.8) is 0 Å². The fourth-order valence-corrected chi connectivity index (χ4v) is 3.26. The van der Waals surface area contributed by atoms with Gasteiger partial charge in [0.2, 0.25) is 5.88 Å². The quantitative estimate of drug-likeness (QED) is 0.526. The molecular formula is C19H18FN3O5. The average molecular weight is 387 g/mol. The third kappa shape index (κ3) is 3.38. The average Bonchev–Trinajstić information content (AvgIpc) is 2.64. The number of nitrogen functional groups attached to an aromatic ring is 1. The molecule has 4 N–H and O–H groups in total. The van der Waals surface area contributed by atoms with E-state index in [1.165, 1.54) is 37.3 Å². The Morgan fingerprint density at radius 1 is 1.21 bits per heavy atom. The van der Waals surface area contributed by atoms with Crippen LogP contribution in [0.2, 0.25) is 0 Å². The third-order valence-corrected chi connectivity index (χ3v) is 4.82. The maximum absolute atomic E-state index is 14.0. The zero-order chi connectivity index (χ0) is 20.5. The minimum absolute atomic E-state index is 0.0535. The number of carboxylic acid groups (broad SMARTS) is 2. The van der Waals surface area contributed by atoms with Crippen LogP contribution in [0.4, 0.5) is 10.1 Å². The van der Waals surface area contributed by atoms with Gasteiger partial charge in [-0.05, 0) is 31.9 Å². The van der Waals surface area contributed by atoms with Gasteiger partial charge in [-0.1, -0.05) is 12.2 Å². The Kier molecular flexibility index (Phi) is 4.76. The summed E-state index contributed by atoms with van der Waals surface area (Å²) in [7, 11) is 0. The van der Waals surface area contributed by atoms with Gasteiger partial charge in [0.05, 0.1) is 11.1 Å². The third-order valence-electron chi connectivity index (χ3n) is 4.82. The lowest BCUT2D eigenvalue weighted by Gasteiger charge is -2.37. The molecule has 0 spiro atoms. The first-order valence-corrected chi connectivity index (χ1v) is 8.36. The van der Waals surface area contributed by atoms with E-state index in [1.807, 2.05) is 0 Å². The minimum atomic E-state index is -1.58. The molecule has 0 bridgehead atoms. The molecule has 3 rings (SSSR count). The number of hydrogen-bond acceptors (Lipinski definition) is 6. The van der Waals surface area contributed by atoms with Gasteiger partial charge in [-0.2, -0.15) is 0 Å². The van der Waals surface area contributed by atoms with Gasteiger partial charge in [0.1, 0.15) is 11.7 Å². The number of nitrogens with two attached hydrogens (primary N) is 1. The first-order chi connectivity index (χ1) is 13.2. The van der Waals surface area contributed by atoms with E-state index in [1.54, 1.807) is 0 Å². The van der Waals surface area contributed by atoms with Crippen molar-refractivity contribution in [1.29, 1.82) is 0 Å². The maximum Gasteiger partial charge on any atom is 0.316 e. The molecule has 8 nitrogen and oxygen atoms in total. The molecule has 28 heavy (non-hydrogen) atoms. The van der Waals surface area contributed by atoms with Crippen molar-refractivity contribution in [3.05, 3.63) is 54.3 Å². The van der Waals surface area contributed by atoms with E-state index < -0.39 is 28.6 Å². The zero-order valence-corrected chi connectivity index (χ0v) is 14.9. The van der Waals surface area contributed by atoms with Crippen molar-refractivity contribution in [2.45, 2.75) is 25.2 Å². The first kappa shape index (κ1) is 19.3. The molecule has 9 heteroatoms. The lowest BCUT2D eigenvalue weighted by atomic mass is 9.64. The Bertz CT molecular complexity index is 980. The largest absolute Gasteiger partial charge is 0.481 e. The standard InChI is InChI=1S/C19H18FN3O5/c1-18(16(24)25)5-2-6-19(9-18,17(26)27)14-8-15(23-10-22-14)28-13-4-3-11(21)7-12(13)20/h2-5,7-8,10H,6,9,21H2,1H3,(H,24,25)(H,26,27). The number of carboxylic acids is 2. The van der Waals surface area contributed by atoms with Crippen molar-refractivity contribution in [2.24, 2.45) is 5.41 Å². The van der Waals surface area contributed by atoms with E-state index in [9.17, 15) is 24.2 Å². The van der Waals surface area contributed by atoms with Crippen LogP contribution in [0.3, 0.4) is 0 Å². The van der Waals surface area contributed by atoms with Crippen LogP contribution in [-0.4, -0.2) is 32.1 Å². The van der Waals surface area contributed by atoms with Crippen LogP contribution in [0.15, 0.2) is 42.7 Å². The molecule has 0 aliphatic heterocycles. The molecule has 0 amide bonds. The van der Waals surface area contributed by atoms with Gasteiger partial charge < -0.3 is 20.7 Å². The highest BCUT2D eigenvalue weighted by atomic mass is 19.1. The number of aliphatic carboxylic acids is 2. The summed E-state index contributed by atoms with van der Waals surface area (Å²) >= 11 is 0. The molecule has 146 valence electrons. The number of allylic oxidation sites excluding steroid dienone is 1. The summed E-state index contributed by atoms with van der Waals surface area (Å²) in [5, 5.41) is 19.4. The molecular weight excluding hydrogens is 369 g/mol. The Balaban J connectivity index is 2.00. The molecule has 2 unspecified atom stereocenters. The second kappa shape index (κ2) is 6.91. The lowest BCUT2D eigenvalue weighted by Crippen LogP contribution is -2.45. The Labute approximate surface area is 159 Å². The molecule has 0 saturated heterocycles. The van der Waals surface area contributed by atoms with Crippen LogP contribution in [0, 0.1) is 11.2 Å². The van der Waals surface area contributed by atoms with Crippen molar-refractivity contribution >= 4 is 17.6 Å². The molecule has 1 aromatic heterocycles. The zero-order valence-electron chi connectivity index (χ0n) is 14.9. The lowest BCUT2D eigenvalue weighted by molar-refractivity contribution is -0.151. The van der Waals surface area contributed by atoms with E-state index in [-0.39, 0.29) is 35.9 Å². The predicted molar refractivity (Wildman–Crippen MR) is 96.3 cm³/mol. The molecule has 2 aromatic rings. The Hall–Kier alpha value is -3.49. The summed E-state index contributed by atoms with van der Waals surface area (Å²) in [5.41, 5.74) is 2.86. The highest BCUT2D eigenvalue weighted by molar-refractivity contribution is 5.85. The number of halogens is 1. The number of anilines is 1. The number of hydrogen-bond donors (Lipinski definition) is 3. The number of rotatable bonds is 5. The molecule has 1 heterocycles. The molecule has 1 aromatic carbocycles. The smallest absolute Gasteiger partial charge is 0.316 e. The van der Waals surface area contributed by atoms with Crippen molar-refractivity contribution in [1.82, 2.24) is 9.97 Å². The Morgan fingerprint density at radius 2 is 1.96 bits per heavy atom. The number of carbonyl (C=O) groups is 2. The van der Waals surface area contributed by atoms with Crippen LogP contribution < -0.4 is 10.5 Å². The summed E-state index contributed by atoms with van der Waals surface area (Å²) in [6, 6.07) is 5.14. The summed E-state index contributed by atoms with van der Waals surface area (Å²) in [6.45, 7) is 1.45. The fraction of sp³-hybridized carbons (Fsp3) is 0.263. The normalized spacial score (nSPS) is 23.9. The van der Waals surface area contributed by atoms with Crippen molar-refractivity contribution in [3.8, 4) is 11.6 Å². The summed E-state index contributed by atoms with van der Waals surface area (Å²) < 4.78 is 19.4. The van der Waals surface area contributed by atoms with E-state index in [0.717, 1.165) is 12.4 Å². The van der Waals surface area contributed by atoms with Crippen molar-refractivity contribution in [2.75, 3.05) is 5.73 Å². The molecule has 1 aliphatic carbocycles. The monoisotopic (exact) mass is 387 g/mol. The van der Waals surface area contributed by atoms with E-state index >= 15 is 0 Å². The summed E-state index contributed by atoms with van der Waals surface area (Å²) in [4.78, 5) is 31.7. The SMILES string of the molecule is CC1(C(=O)O)C=CCC(C(=O)O)(c2cc(Oc3ccc(N)cc3F)ncn2)C1. The van der Waals surface area contributed by atoms with E-state index in [2.05, 4.69) is 9.97 Å². The molecule has 0 fully saturated rings. The molecule has 0 radical (unpaired) electrons. The van der Waals surface area contributed by atoms with Crippen LogP contribution >= 0.6 is 0 Å². The number of benzene rings is 1. The first-order valence-electron chi connectivity index (χ1n) is 8.36. The Morgan fingerprint density at radius 3 is 2.61 bits per heavy atom. The van der Waals surface area contributed by atoms with Crippen LogP contribution in [0.1, 0.15) is 25.5 Å². The van der Waals surface area contributed by atoms with Crippen LogP contribution in [-0.2, 0) is 15.0 Å². The van der Waals surface area contributed by atoms with Gasteiger partial charge >= 0.3 is 11.9 Å². The topological polar surface area (TPSA) is 136 Å². The van der Waals surface area contributed by atoms with Gasteiger partial charge in [0.25, 0.3) is 0 Å². The van der Waals surface area contributed by atoms with Crippen molar-refractivity contribution < 1.29 is 28.9 Å². The number of ether oxygens (including phenoxy) is 1. The second-order valence-corrected chi connectivity index (χ2v) is 6.93. The highest BCUT2D eigenvalue weighted by Gasteiger charge is 2.51. The highest BCUT2D eigenvalue weighted by Crippen LogP contribution is 2.45.